The number of benzene rings is 3. The molecule has 3 aromatic rings. The first-order valence-corrected chi connectivity index (χ1v) is 11.0. The number of carbonyl (C=O) groups excluding carboxylic acids is 1. The van der Waals surface area contributed by atoms with E-state index in [4.69, 9.17) is 32.7 Å². The Morgan fingerprint density at radius 1 is 1.00 bits per heavy atom. The van der Waals surface area contributed by atoms with Crippen LogP contribution in [-0.4, -0.2) is 13.0 Å². The highest BCUT2D eigenvalue weighted by atomic mass is 35.5. The Labute approximate surface area is 198 Å². The van der Waals surface area contributed by atoms with Gasteiger partial charge in [-0.3, -0.25) is 4.79 Å². The minimum atomic E-state index is -0.203. The van der Waals surface area contributed by atoms with Gasteiger partial charge in [0.25, 0.3) is 0 Å². The van der Waals surface area contributed by atoms with E-state index in [1.807, 2.05) is 30.3 Å². The molecule has 6 heteroatoms. The fourth-order valence-electron chi connectivity index (χ4n) is 3.19. The van der Waals surface area contributed by atoms with Crippen molar-refractivity contribution >= 4 is 40.9 Å². The molecule has 4 nitrogen and oxygen atoms in total. The second kappa shape index (κ2) is 11.1. The van der Waals surface area contributed by atoms with Crippen molar-refractivity contribution in [1.29, 1.82) is 0 Å². The van der Waals surface area contributed by atoms with E-state index < -0.39 is 0 Å². The molecule has 0 aliphatic rings. The third kappa shape index (κ3) is 6.06. The number of hydrogen-bond acceptors (Lipinski definition) is 3. The molecule has 0 heterocycles. The zero-order valence-electron chi connectivity index (χ0n) is 18.2. The highest BCUT2D eigenvalue weighted by molar-refractivity contribution is 6.35. The van der Waals surface area contributed by atoms with E-state index in [9.17, 15) is 4.79 Å². The third-order valence-electron chi connectivity index (χ3n) is 4.89. The van der Waals surface area contributed by atoms with Crippen LogP contribution in [0, 0.1) is 0 Å². The van der Waals surface area contributed by atoms with Crippen molar-refractivity contribution in [3.05, 3.63) is 93.5 Å². The van der Waals surface area contributed by atoms with Crippen molar-refractivity contribution in [3.8, 4) is 11.5 Å². The van der Waals surface area contributed by atoms with Crippen molar-refractivity contribution in [2.45, 2.75) is 26.4 Å². The highest BCUT2D eigenvalue weighted by Crippen LogP contribution is 2.32. The lowest BCUT2D eigenvalue weighted by Gasteiger charge is -2.13. The summed E-state index contributed by atoms with van der Waals surface area (Å²) in [4.78, 5) is 12.4. The number of rotatable bonds is 8. The van der Waals surface area contributed by atoms with Gasteiger partial charge in [0, 0.05) is 27.4 Å². The molecule has 0 unspecified atom stereocenters. The summed E-state index contributed by atoms with van der Waals surface area (Å²) in [5, 5.41) is 4.03. The first kappa shape index (κ1) is 23.7. The van der Waals surface area contributed by atoms with Crippen LogP contribution in [0.25, 0.3) is 6.08 Å². The Hall–Kier alpha value is -2.95. The monoisotopic (exact) mass is 469 g/mol. The number of anilines is 1. The van der Waals surface area contributed by atoms with Gasteiger partial charge in [-0.05, 0) is 53.5 Å². The van der Waals surface area contributed by atoms with Gasteiger partial charge in [0.05, 0.1) is 7.11 Å². The fourth-order valence-corrected chi connectivity index (χ4v) is 3.69. The van der Waals surface area contributed by atoms with Gasteiger partial charge >= 0.3 is 0 Å². The molecule has 0 saturated carbocycles. The summed E-state index contributed by atoms with van der Waals surface area (Å²) < 4.78 is 11.3. The largest absolute Gasteiger partial charge is 0.493 e. The Bertz CT molecular complexity index is 1110. The van der Waals surface area contributed by atoms with Gasteiger partial charge in [0.15, 0.2) is 11.5 Å². The average Bonchev–Trinajstić information content (AvgIpc) is 2.78. The molecule has 0 spiro atoms. The van der Waals surface area contributed by atoms with Gasteiger partial charge in [-0.1, -0.05) is 67.4 Å². The summed E-state index contributed by atoms with van der Waals surface area (Å²) in [7, 11) is 1.56. The van der Waals surface area contributed by atoms with E-state index in [1.54, 1.807) is 43.5 Å². The van der Waals surface area contributed by atoms with E-state index in [2.05, 4.69) is 19.2 Å². The van der Waals surface area contributed by atoms with E-state index in [0.29, 0.717) is 33.0 Å². The third-order valence-corrected chi connectivity index (χ3v) is 5.60. The lowest BCUT2D eigenvalue weighted by atomic mass is 10.0. The van der Waals surface area contributed by atoms with Crippen LogP contribution in [0.1, 0.15) is 36.5 Å². The molecule has 0 fully saturated rings. The van der Waals surface area contributed by atoms with Crippen LogP contribution < -0.4 is 14.8 Å². The highest BCUT2D eigenvalue weighted by Gasteiger charge is 2.10. The zero-order valence-corrected chi connectivity index (χ0v) is 19.7. The van der Waals surface area contributed by atoms with Gasteiger partial charge in [0.1, 0.15) is 6.61 Å². The number of amides is 1. The number of ether oxygens (including phenoxy) is 2. The molecule has 0 aromatic heterocycles. The molecule has 166 valence electrons. The fraction of sp³-hybridized carbons (Fsp3) is 0.192. The topological polar surface area (TPSA) is 47.6 Å². The summed E-state index contributed by atoms with van der Waals surface area (Å²) in [6, 6.07) is 18.5. The van der Waals surface area contributed by atoms with Gasteiger partial charge < -0.3 is 14.8 Å². The molecule has 0 aliphatic heterocycles. The molecule has 0 radical (unpaired) electrons. The Kier molecular flexibility index (Phi) is 8.20. The second-order valence-electron chi connectivity index (χ2n) is 7.46. The van der Waals surface area contributed by atoms with E-state index in [-0.39, 0.29) is 12.5 Å². The molecule has 1 amide bonds. The van der Waals surface area contributed by atoms with E-state index in [0.717, 1.165) is 16.8 Å². The molecule has 3 rings (SSSR count). The number of methoxy groups -OCH3 is 1. The predicted octanol–water partition coefficient (Wildman–Crippen LogP) is 7.36. The minimum Gasteiger partial charge on any atom is -0.493 e. The Morgan fingerprint density at radius 2 is 1.72 bits per heavy atom. The van der Waals surface area contributed by atoms with Crippen molar-refractivity contribution in [2.75, 3.05) is 12.4 Å². The van der Waals surface area contributed by atoms with Crippen molar-refractivity contribution in [1.82, 2.24) is 0 Å². The number of carbonyl (C=O) groups is 1. The van der Waals surface area contributed by atoms with Crippen molar-refractivity contribution in [3.63, 3.8) is 0 Å². The SMILES string of the molecule is COc1cc(C=CC(=O)Nc2ccccc2C(C)C)ccc1OCc1c(Cl)cccc1Cl. The second-order valence-corrected chi connectivity index (χ2v) is 8.28. The van der Waals surface area contributed by atoms with Crippen molar-refractivity contribution < 1.29 is 14.3 Å². The summed E-state index contributed by atoms with van der Waals surface area (Å²) in [5.74, 6) is 1.20. The van der Waals surface area contributed by atoms with Crippen LogP contribution in [-0.2, 0) is 11.4 Å². The standard InChI is InChI=1S/C26H25Cl2NO3/c1-17(2)19-7-4-5-10-23(19)29-26(30)14-12-18-11-13-24(25(15-18)31-3)32-16-20-21(27)8-6-9-22(20)28/h4-15,17H,16H2,1-3H3,(H,29,30). The normalized spacial score (nSPS) is 11.1. The van der Waals surface area contributed by atoms with Crippen molar-refractivity contribution in [2.24, 2.45) is 0 Å². The first-order chi connectivity index (χ1) is 15.4. The smallest absolute Gasteiger partial charge is 0.248 e. The first-order valence-electron chi connectivity index (χ1n) is 10.2. The maximum atomic E-state index is 12.4. The van der Waals surface area contributed by atoms with Crippen LogP contribution >= 0.6 is 23.2 Å². The Morgan fingerprint density at radius 3 is 2.41 bits per heavy atom. The molecule has 1 N–H and O–H groups in total. The summed E-state index contributed by atoms with van der Waals surface area (Å²) >= 11 is 12.4. The van der Waals surface area contributed by atoms with Crippen LogP contribution in [0.2, 0.25) is 10.0 Å². The predicted molar refractivity (Wildman–Crippen MR) is 132 cm³/mol. The van der Waals surface area contributed by atoms with Crippen LogP contribution in [0.15, 0.2) is 66.7 Å². The molecule has 0 atom stereocenters. The maximum Gasteiger partial charge on any atom is 0.248 e. The number of hydrogen-bond donors (Lipinski definition) is 1. The van der Waals surface area contributed by atoms with Crippen LogP contribution in [0.5, 0.6) is 11.5 Å². The minimum absolute atomic E-state index is 0.203. The average molecular weight is 470 g/mol. The number of nitrogens with one attached hydrogen (secondary N) is 1. The van der Waals surface area contributed by atoms with Crippen LogP contribution in [0.3, 0.4) is 0 Å². The lowest BCUT2D eigenvalue weighted by molar-refractivity contribution is -0.111. The molecule has 32 heavy (non-hydrogen) atoms. The number of halogens is 2. The van der Waals surface area contributed by atoms with Gasteiger partial charge in [-0.2, -0.15) is 0 Å². The summed E-state index contributed by atoms with van der Waals surface area (Å²) in [6.45, 7) is 4.40. The Balaban J connectivity index is 1.69. The van der Waals surface area contributed by atoms with Gasteiger partial charge in [-0.15, -0.1) is 0 Å². The molecule has 0 aliphatic carbocycles. The van der Waals surface area contributed by atoms with E-state index in [1.165, 1.54) is 6.08 Å². The van der Waals surface area contributed by atoms with Crippen LogP contribution in [0.4, 0.5) is 5.69 Å². The quantitative estimate of drug-likeness (QED) is 0.350. The van der Waals surface area contributed by atoms with Gasteiger partial charge in [0.2, 0.25) is 5.91 Å². The zero-order chi connectivity index (χ0) is 23.1. The summed E-state index contributed by atoms with van der Waals surface area (Å²) in [6.07, 6.45) is 3.22. The summed E-state index contributed by atoms with van der Waals surface area (Å²) in [5.41, 5.74) is 3.42. The molecule has 3 aromatic carbocycles. The molecular formula is C26H25Cl2NO3. The molecule has 0 bridgehead atoms. The van der Waals surface area contributed by atoms with Gasteiger partial charge in [-0.25, -0.2) is 0 Å². The maximum absolute atomic E-state index is 12.4. The molecule has 0 saturated heterocycles. The van der Waals surface area contributed by atoms with E-state index >= 15 is 0 Å². The number of para-hydroxylation sites is 1. The molecular weight excluding hydrogens is 445 g/mol. The lowest BCUT2D eigenvalue weighted by Crippen LogP contribution is -2.10.